The quantitative estimate of drug-likeness (QED) is 0.493. The zero-order valence-corrected chi connectivity index (χ0v) is 17.7. The van der Waals surface area contributed by atoms with Crippen LogP contribution in [0.4, 0.5) is 5.69 Å². The number of sulfonamides is 1. The predicted octanol–water partition coefficient (Wildman–Crippen LogP) is 3.03. The molecule has 0 saturated carbocycles. The van der Waals surface area contributed by atoms with Crippen molar-refractivity contribution in [2.24, 2.45) is 5.10 Å². The Kier molecular flexibility index (Phi) is 7.23. The van der Waals surface area contributed by atoms with Crippen molar-refractivity contribution in [1.29, 1.82) is 0 Å². The summed E-state index contributed by atoms with van der Waals surface area (Å²) < 4.78 is 31.1. The number of methoxy groups -OCH3 is 1. The van der Waals surface area contributed by atoms with Crippen LogP contribution in [0.1, 0.15) is 5.56 Å². The van der Waals surface area contributed by atoms with Crippen molar-refractivity contribution in [3.63, 3.8) is 0 Å². The fourth-order valence-electron chi connectivity index (χ4n) is 2.18. The molecule has 27 heavy (non-hydrogen) atoms. The molecular formula is C17H17BrClN3O4S. The molecule has 2 aromatic carbocycles. The standard InChI is InChI=1S/C17H17BrClN3O4S/c1-26-16-7-6-13(18)8-12(16)10-20-21-17(23)11-22(27(2,24)25)15-5-3-4-14(19)9-15/h3-10H,11H2,1-2H3,(H,21,23)/b20-10-. The molecule has 144 valence electrons. The lowest BCUT2D eigenvalue weighted by molar-refractivity contribution is -0.119. The molecular weight excluding hydrogens is 458 g/mol. The van der Waals surface area contributed by atoms with Gasteiger partial charge in [0.25, 0.3) is 5.91 Å². The average molecular weight is 475 g/mol. The second kappa shape index (κ2) is 9.20. The molecule has 0 unspecified atom stereocenters. The van der Waals surface area contributed by atoms with Crippen molar-refractivity contribution in [1.82, 2.24) is 5.43 Å². The van der Waals surface area contributed by atoms with Gasteiger partial charge in [-0.05, 0) is 36.4 Å². The summed E-state index contributed by atoms with van der Waals surface area (Å²) in [5.74, 6) is -0.0292. The topological polar surface area (TPSA) is 88.1 Å². The van der Waals surface area contributed by atoms with Crippen LogP contribution < -0.4 is 14.5 Å². The number of hydrogen-bond acceptors (Lipinski definition) is 5. The molecule has 0 atom stereocenters. The fourth-order valence-corrected chi connectivity index (χ4v) is 3.59. The lowest BCUT2D eigenvalue weighted by Gasteiger charge is -2.21. The molecule has 1 N–H and O–H groups in total. The summed E-state index contributed by atoms with van der Waals surface area (Å²) in [4.78, 5) is 12.2. The van der Waals surface area contributed by atoms with Gasteiger partial charge in [-0.25, -0.2) is 13.8 Å². The van der Waals surface area contributed by atoms with Crippen LogP contribution in [-0.4, -0.2) is 40.4 Å². The first kappa shape index (κ1) is 21.2. The number of carbonyl (C=O) groups is 1. The number of amides is 1. The van der Waals surface area contributed by atoms with Crippen LogP contribution in [0.3, 0.4) is 0 Å². The van der Waals surface area contributed by atoms with Gasteiger partial charge in [-0.1, -0.05) is 33.6 Å². The van der Waals surface area contributed by atoms with Crippen LogP contribution >= 0.6 is 27.5 Å². The minimum absolute atomic E-state index is 0.290. The summed E-state index contributed by atoms with van der Waals surface area (Å²) in [6.07, 6.45) is 2.42. The molecule has 0 radical (unpaired) electrons. The van der Waals surface area contributed by atoms with Crippen LogP contribution in [0.2, 0.25) is 5.02 Å². The van der Waals surface area contributed by atoms with E-state index < -0.39 is 22.5 Å². The number of ether oxygens (including phenoxy) is 1. The van der Waals surface area contributed by atoms with E-state index in [4.69, 9.17) is 16.3 Å². The van der Waals surface area contributed by atoms with Gasteiger partial charge >= 0.3 is 0 Å². The summed E-state index contributed by atoms with van der Waals surface area (Å²) >= 11 is 9.25. The molecule has 1 amide bonds. The third kappa shape index (κ3) is 6.23. The number of anilines is 1. The Hall–Kier alpha value is -2.10. The maximum Gasteiger partial charge on any atom is 0.260 e. The smallest absolute Gasteiger partial charge is 0.260 e. The molecule has 0 aromatic heterocycles. The summed E-state index contributed by atoms with van der Waals surface area (Å²) in [6.45, 7) is -0.438. The van der Waals surface area contributed by atoms with Crippen LogP contribution in [0, 0.1) is 0 Å². The van der Waals surface area contributed by atoms with Crippen LogP contribution in [0.5, 0.6) is 5.75 Å². The molecule has 0 aliphatic rings. The minimum Gasteiger partial charge on any atom is -0.496 e. The second-order valence-corrected chi connectivity index (χ2v) is 8.69. The number of nitrogens with zero attached hydrogens (tertiary/aromatic N) is 2. The number of halogens is 2. The van der Waals surface area contributed by atoms with E-state index in [2.05, 4.69) is 26.5 Å². The number of nitrogens with one attached hydrogen (secondary N) is 1. The Morgan fingerprint density at radius 2 is 2.07 bits per heavy atom. The van der Waals surface area contributed by atoms with Crippen molar-refractivity contribution in [2.45, 2.75) is 0 Å². The van der Waals surface area contributed by atoms with Gasteiger partial charge in [0.05, 0.1) is 25.3 Å². The van der Waals surface area contributed by atoms with E-state index in [1.54, 1.807) is 30.3 Å². The van der Waals surface area contributed by atoms with Crippen molar-refractivity contribution in [2.75, 3.05) is 24.2 Å². The van der Waals surface area contributed by atoms with Crippen molar-refractivity contribution in [3.05, 3.63) is 57.5 Å². The van der Waals surface area contributed by atoms with Gasteiger partial charge in [0.1, 0.15) is 12.3 Å². The molecule has 0 aliphatic carbocycles. The summed E-state index contributed by atoms with van der Waals surface area (Å²) in [6, 6.07) is 11.6. The zero-order valence-electron chi connectivity index (χ0n) is 14.5. The van der Waals surface area contributed by atoms with E-state index in [1.165, 1.54) is 19.4 Å². The monoisotopic (exact) mass is 473 g/mol. The van der Waals surface area contributed by atoms with E-state index >= 15 is 0 Å². The summed E-state index contributed by atoms with van der Waals surface area (Å²) in [5.41, 5.74) is 3.24. The molecule has 0 saturated heterocycles. The molecule has 0 aliphatic heterocycles. The molecule has 0 bridgehead atoms. The van der Waals surface area contributed by atoms with E-state index in [1.807, 2.05) is 6.07 Å². The third-order valence-electron chi connectivity index (χ3n) is 3.37. The predicted molar refractivity (Wildman–Crippen MR) is 110 cm³/mol. The highest BCUT2D eigenvalue weighted by molar-refractivity contribution is 9.10. The number of carbonyl (C=O) groups excluding carboxylic acids is 1. The maximum atomic E-state index is 12.2. The Balaban J connectivity index is 2.12. The molecule has 0 fully saturated rings. The lowest BCUT2D eigenvalue weighted by atomic mass is 10.2. The van der Waals surface area contributed by atoms with Crippen LogP contribution in [0.15, 0.2) is 52.0 Å². The largest absolute Gasteiger partial charge is 0.496 e. The second-order valence-electron chi connectivity index (χ2n) is 5.43. The van der Waals surface area contributed by atoms with Crippen LogP contribution in [0.25, 0.3) is 0 Å². The van der Waals surface area contributed by atoms with E-state index in [0.717, 1.165) is 15.0 Å². The Labute approximate surface area is 171 Å². The number of benzene rings is 2. The van der Waals surface area contributed by atoms with E-state index in [-0.39, 0.29) is 5.69 Å². The highest BCUT2D eigenvalue weighted by Gasteiger charge is 2.20. The van der Waals surface area contributed by atoms with Crippen LogP contribution in [-0.2, 0) is 14.8 Å². The van der Waals surface area contributed by atoms with Gasteiger partial charge in [0.15, 0.2) is 0 Å². The summed E-state index contributed by atoms with van der Waals surface area (Å²) in [5, 5.41) is 4.23. The normalized spacial score (nSPS) is 11.4. The lowest BCUT2D eigenvalue weighted by Crippen LogP contribution is -2.39. The fraction of sp³-hybridized carbons (Fsp3) is 0.176. The average Bonchev–Trinajstić information content (AvgIpc) is 2.59. The van der Waals surface area contributed by atoms with Crippen molar-refractivity contribution >= 4 is 55.4 Å². The minimum atomic E-state index is -3.69. The van der Waals surface area contributed by atoms with Crippen molar-refractivity contribution in [3.8, 4) is 5.75 Å². The Morgan fingerprint density at radius 1 is 1.33 bits per heavy atom. The highest BCUT2D eigenvalue weighted by Crippen LogP contribution is 2.22. The SMILES string of the molecule is COc1ccc(Br)cc1/C=N\NC(=O)CN(c1cccc(Cl)c1)S(C)(=O)=O. The van der Waals surface area contributed by atoms with Gasteiger partial charge in [0.2, 0.25) is 10.0 Å². The zero-order chi connectivity index (χ0) is 20.0. The van der Waals surface area contributed by atoms with E-state index in [0.29, 0.717) is 16.3 Å². The number of hydrogen-bond donors (Lipinski definition) is 1. The molecule has 2 rings (SSSR count). The molecule has 10 heteroatoms. The first-order valence-electron chi connectivity index (χ1n) is 7.59. The molecule has 0 spiro atoms. The van der Waals surface area contributed by atoms with Gasteiger partial charge in [-0.3, -0.25) is 9.10 Å². The number of hydrazone groups is 1. The summed E-state index contributed by atoms with van der Waals surface area (Å²) in [7, 11) is -2.17. The van der Waals surface area contributed by atoms with Gasteiger partial charge in [-0.2, -0.15) is 5.10 Å². The van der Waals surface area contributed by atoms with Gasteiger partial charge < -0.3 is 4.74 Å². The number of rotatable bonds is 7. The Bertz CT molecular complexity index is 966. The van der Waals surface area contributed by atoms with Gasteiger partial charge in [0, 0.05) is 15.1 Å². The van der Waals surface area contributed by atoms with E-state index in [9.17, 15) is 13.2 Å². The first-order valence-corrected chi connectivity index (χ1v) is 10.6. The molecule has 2 aromatic rings. The maximum absolute atomic E-state index is 12.2. The first-order chi connectivity index (χ1) is 12.7. The highest BCUT2D eigenvalue weighted by atomic mass is 79.9. The third-order valence-corrected chi connectivity index (χ3v) is 5.24. The van der Waals surface area contributed by atoms with Crippen molar-refractivity contribution < 1.29 is 17.9 Å². The molecule has 0 heterocycles. The Morgan fingerprint density at radius 3 is 2.70 bits per heavy atom. The van der Waals surface area contributed by atoms with Gasteiger partial charge in [-0.15, -0.1) is 0 Å². The molecule has 7 nitrogen and oxygen atoms in total.